The van der Waals surface area contributed by atoms with E-state index in [1.165, 1.54) is 0 Å². The molecular weight excluding hydrogens is 406 g/mol. The first kappa shape index (κ1) is 23.6. The average Bonchev–Trinajstić information content (AvgIpc) is 2.76. The van der Waals surface area contributed by atoms with Crippen molar-refractivity contribution in [2.45, 2.75) is 33.8 Å². The van der Waals surface area contributed by atoms with Crippen LogP contribution >= 0.6 is 0 Å². The van der Waals surface area contributed by atoms with Crippen molar-refractivity contribution in [3.05, 3.63) is 53.1 Å². The Balaban J connectivity index is 1.55. The summed E-state index contributed by atoms with van der Waals surface area (Å²) in [7, 11) is 1.57. The number of carbonyl (C=O) groups excluding carboxylic acids is 2. The van der Waals surface area contributed by atoms with Gasteiger partial charge in [-0.3, -0.25) is 14.5 Å². The third kappa shape index (κ3) is 5.79. The lowest BCUT2D eigenvalue weighted by molar-refractivity contribution is -0.117. The highest BCUT2D eigenvalue weighted by Gasteiger charge is 2.24. The molecule has 0 atom stereocenters. The Labute approximate surface area is 190 Å². The van der Waals surface area contributed by atoms with Gasteiger partial charge in [0, 0.05) is 37.4 Å². The highest BCUT2D eigenvalue weighted by Crippen LogP contribution is 2.29. The minimum Gasteiger partial charge on any atom is -0.493 e. The molecule has 7 nitrogen and oxygen atoms in total. The van der Waals surface area contributed by atoms with E-state index in [9.17, 15) is 9.59 Å². The van der Waals surface area contributed by atoms with E-state index in [1.54, 1.807) is 25.3 Å². The maximum Gasteiger partial charge on any atom is 0.254 e. The first-order chi connectivity index (χ1) is 15.3. The van der Waals surface area contributed by atoms with Crippen molar-refractivity contribution < 1.29 is 19.1 Å². The minimum atomic E-state index is -0.0426. The second-order valence-corrected chi connectivity index (χ2v) is 8.42. The zero-order chi connectivity index (χ0) is 23.3. The number of benzene rings is 2. The van der Waals surface area contributed by atoms with E-state index in [-0.39, 0.29) is 17.9 Å². The number of nitrogens with zero attached hydrogens (tertiary/aromatic N) is 2. The average molecular weight is 440 g/mol. The predicted octanol–water partition coefficient (Wildman–Crippen LogP) is 3.50. The normalized spacial score (nSPS) is 14.4. The number of carbonyl (C=O) groups is 2. The summed E-state index contributed by atoms with van der Waals surface area (Å²) in [6.45, 7) is 10.6. The van der Waals surface area contributed by atoms with Gasteiger partial charge >= 0.3 is 0 Å². The molecular formula is C25H33N3O4. The first-order valence-electron chi connectivity index (χ1n) is 11.0. The minimum absolute atomic E-state index is 0.0189. The molecule has 172 valence electrons. The second-order valence-electron chi connectivity index (χ2n) is 8.42. The summed E-state index contributed by atoms with van der Waals surface area (Å²) in [6.07, 6.45) is 0.0189. The summed E-state index contributed by atoms with van der Waals surface area (Å²) in [4.78, 5) is 29.4. The van der Waals surface area contributed by atoms with E-state index in [0.29, 0.717) is 49.8 Å². The first-order valence-corrected chi connectivity index (χ1v) is 11.0. The van der Waals surface area contributed by atoms with E-state index < -0.39 is 0 Å². The van der Waals surface area contributed by atoms with Crippen molar-refractivity contribution in [2.75, 3.05) is 45.2 Å². The lowest BCUT2D eigenvalue weighted by Gasteiger charge is -2.34. The molecule has 0 bridgehead atoms. The molecule has 2 aromatic carbocycles. The van der Waals surface area contributed by atoms with Gasteiger partial charge in [-0.1, -0.05) is 18.2 Å². The maximum atomic E-state index is 13.0. The zero-order valence-corrected chi connectivity index (χ0v) is 19.6. The van der Waals surface area contributed by atoms with Gasteiger partial charge in [-0.05, 0) is 57.0 Å². The SMILES string of the molecule is COc1cc(C(=O)N2CCN(CC(=O)Nc3c(C)cccc3C)CC2)ccc1OC(C)C. The van der Waals surface area contributed by atoms with Crippen molar-refractivity contribution in [1.82, 2.24) is 9.80 Å². The van der Waals surface area contributed by atoms with Gasteiger partial charge in [-0.25, -0.2) is 0 Å². The Bertz CT molecular complexity index is 945. The fourth-order valence-corrected chi connectivity index (χ4v) is 3.84. The van der Waals surface area contributed by atoms with Crippen LogP contribution in [0.5, 0.6) is 11.5 Å². The van der Waals surface area contributed by atoms with Crippen LogP contribution in [0.3, 0.4) is 0 Å². The van der Waals surface area contributed by atoms with Gasteiger partial charge in [0.05, 0.1) is 19.8 Å². The van der Waals surface area contributed by atoms with E-state index >= 15 is 0 Å². The third-order valence-corrected chi connectivity index (χ3v) is 5.55. The molecule has 0 aromatic heterocycles. The Kier molecular flexibility index (Phi) is 7.75. The number of rotatable bonds is 7. The highest BCUT2D eigenvalue weighted by molar-refractivity contribution is 5.95. The molecule has 0 radical (unpaired) electrons. The summed E-state index contributed by atoms with van der Waals surface area (Å²) in [5.74, 6) is 1.09. The summed E-state index contributed by atoms with van der Waals surface area (Å²) in [5.41, 5.74) is 3.55. The van der Waals surface area contributed by atoms with Crippen LogP contribution in [0.1, 0.15) is 35.3 Å². The van der Waals surface area contributed by atoms with Crippen LogP contribution in [0.15, 0.2) is 36.4 Å². The van der Waals surface area contributed by atoms with Crippen LogP contribution in [0.25, 0.3) is 0 Å². The summed E-state index contributed by atoms with van der Waals surface area (Å²) < 4.78 is 11.1. The van der Waals surface area contributed by atoms with Gasteiger partial charge in [0.2, 0.25) is 5.91 Å². The zero-order valence-electron chi connectivity index (χ0n) is 19.6. The molecule has 1 saturated heterocycles. The largest absolute Gasteiger partial charge is 0.493 e. The van der Waals surface area contributed by atoms with Crippen molar-refractivity contribution >= 4 is 17.5 Å². The van der Waals surface area contributed by atoms with Gasteiger partial charge in [0.1, 0.15) is 0 Å². The van der Waals surface area contributed by atoms with Crippen molar-refractivity contribution in [3.8, 4) is 11.5 Å². The van der Waals surface area contributed by atoms with Gasteiger partial charge < -0.3 is 19.7 Å². The molecule has 2 aromatic rings. The Hall–Kier alpha value is -3.06. The Morgan fingerprint density at radius 3 is 2.25 bits per heavy atom. The molecule has 2 amide bonds. The molecule has 1 fully saturated rings. The smallest absolute Gasteiger partial charge is 0.254 e. The van der Waals surface area contributed by atoms with Crippen LogP contribution < -0.4 is 14.8 Å². The summed E-state index contributed by atoms with van der Waals surface area (Å²) >= 11 is 0. The number of amides is 2. The quantitative estimate of drug-likeness (QED) is 0.715. The summed E-state index contributed by atoms with van der Waals surface area (Å²) in [5, 5.41) is 3.03. The van der Waals surface area contributed by atoms with Crippen molar-refractivity contribution in [2.24, 2.45) is 0 Å². The predicted molar refractivity (Wildman–Crippen MR) is 126 cm³/mol. The van der Waals surface area contributed by atoms with Gasteiger partial charge in [-0.15, -0.1) is 0 Å². The molecule has 1 N–H and O–H groups in total. The number of ether oxygens (including phenoxy) is 2. The summed E-state index contributed by atoms with van der Waals surface area (Å²) in [6, 6.07) is 11.2. The standard InChI is InChI=1S/C25H33N3O4/c1-17(2)32-21-10-9-20(15-22(21)31-5)25(30)28-13-11-27(12-14-28)16-23(29)26-24-18(3)7-6-8-19(24)4/h6-10,15,17H,11-14,16H2,1-5H3,(H,26,29). The van der Waals surface area contributed by atoms with E-state index in [1.807, 2.05) is 50.8 Å². The molecule has 32 heavy (non-hydrogen) atoms. The number of piperazine rings is 1. The third-order valence-electron chi connectivity index (χ3n) is 5.55. The van der Waals surface area contributed by atoms with Crippen LogP contribution in [0.4, 0.5) is 5.69 Å². The number of nitrogens with one attached hydrogen (secondary N) is 1. The van der Waals surface area contributed by atoms with Crippen molar-refractivity contribution in [3.63, 3.8) is 0 Å². The molecule has 0 aliphatic carbocycles. The van der Waals surface area contributed by atoms with Crippen LogP contribution in [0, 0.1) is 13.8 Å². The lowest BCUT2D eigenvalue weighted by Crippen LogP contribution is -2.50. The Morgan fingerprint density at radius 2 is 1.66 bits per heavy atom. The van der Waals surface area contributed by atoms with Crippen molar-refractivity contribution in [1.29, 1.82) is 0 Å². The molecule has 1 aliphatic rings. The Morgan fingerprint density at radius 1 is 1.00 bits per heavy atom. The number of hydrogen-bond acceptors (Lipinski definition) is 5. The molecule has 0 unspecified atom stereocenters. The maximum absolute atomic E-state index is 13.0. The number of aryl methyl sites for hydroxylation is 2. The molecule has 1 heterocycles. The van der Waals surface area contributed by atoms with E-state index in [2.05, 4.69) is 10.2 Å². The van der Waals surface area contributed by atoms with E-state index in [4.69, 9.17) is 9.47 Å². The number of hydrogen-bond donors (Lipinski definition) is 1. The molecule has 3 rings (SSSR count). The molecule has 0 spiro atoms. The monoisotopic (exact) mass is 439 g/mol. The van der Waals surface area contributed by atoms with Crippen LogP contribution in [-0.2, 0) is 4.79 Å². The molecule has 0 saturated carbocycles. The molecule has 7 heteroatoms. The molecule has 1 aliphatic heterocycles. The van der Waals surface area contributed by atoms with Gasteiger partial charge in [-0.2, -0.15) is 0 Å². The number of para-hydroxylation sites is 1. The van der Waals surface area contributed by atoms with E-state index in [0.717, 1.165) is 16.8 Å². The lowest BCUT2D eigenvalue weighted by atomic mass is 10.1. The topological polar surface area (TPSA) is 71.1 Å². The second kappa shape index (κ2) is 10.5. The van der Waals surface area contributed by atoms with Crippen LogP contribution in [-0.4, -0.2) is 67.6 Å². The van der Waals surface area contributed by atoms with Gasteiger partial charge in [0.15, 0.2) is 11.5 Å². The van der Waals surface area contributed by atoms with Gasteiger partial charge in [0.25, 0.3) is 5.91 Å². The number of anilines is 1. The number of methoxy groups -OCH3 is 1. The highest BCUT2D eigenvalue weighted by atomic mass is 16.5. The fourth-order valence-electron chi connectivity index (χ4n) is 3.84. The fraction of sp³-hybridized carbons (Fsp3) is 0.440. The van der Waals surface area contributed by atoms with Crippen LogP contribution in [0.2, 0.25) is 0 Å².